The number of cyclic esters (lactones) is 1. The summed E-state index contributed by atoms with van der Waals surface area (Å²) in [5.41, 5.74) is 1.24. The van der Waals surface area contributed by atoms with Crippen molar-refractivity contribution in [3.8, 4) is 0 Å². The normalized spacial score (nSPS) is 17.6. The molecule has 1 amide bonds. The van der Waals surface area contributed by atoms with Crippen LogP contribution in [0.3, 0.4) is 0 Å². The van der Waals surface area contributed by atoms with Crippen LogP contribution in [0.2, 0.25) is 0 Å². The molecule has 1 aromatic carbocycles. The van der Waals surface area contributed by atoms with Crippen molar-refractivity contribution in [3.63, 3.8) is 0 Å². The highest BCUT2D eigenvalue weighted by molar-refractivity contribution is 5.95. The number of para-hydroxylation sites is 1. The lowest BCUT2D eigenvalue weighted by atomic mass is 10.1. The van der Waals surface area contributed by atoms with Crippen LogP contribution < -0.4 is 10.2 Å². The van der Waals surface area contributed by atoms with E-state index in [1.165, 1.54) is 7.11 Å². The lowest BCUT2D eigenvalue weighted by Crippen LogP contribution is -2.32. The van der Waals surface area contributed by atoms with E-state index in [-0.39, 0.29) is 12.1 Å². The van der Waals surface area contributed by atoms with E-state index in [1.807, 2.05) is 24.1 Å². The van der Waals surface area contributed by atoms with Crippen molar-refractivity contribution in [2.75, 3.05) is 32.1 Å². The first-order valence-electron chi connectivity index (χ1n) is 5.94. The Hall–Kier alpha value is -2.24. The maximum absolute atomic E-state index is 11.7. The molecular formula is C13H16N2O4. The van der Waals surface area contributed by atoms with Gasteiger partial charge in [0.05, 0.1) is 31.5 Å². The number of carbonyl (C=O) groups excluding carboxylic acids is 2. The molecule has 1 atom stereocenters. The second kappa shape index (κ2) is 5.60. The van der Waals surface area contributed by atoms with Gasteiger partial charge >= 0.3 is 12.1 Å². The van der Waals surface area contributed by atoms with E-state index in [9.17, 15) is 9.59 Å². The van der Waals surface area contributed by atoms with Crippen LogP contribution >= 0.6 is 0 Å². The molecule has 0 radical (unpaired) electrons. The van der Waals surface area contributed by atoms with Crippen molar-refractivity contribution in [1.82, 2.24) is 5.32 Å². The van der Waals surface area contributed by atoms with E-state index in [4.69, 9.17) is 9.47 Å². The smallest absolute Gasteiger partial charge is 0.407 e. The van der Waals surface area contributed by atoms with Gasteiger partial charge in [-0.25, -0.2) is 9.59 Å². The predicted octanol–water partition coefficient (Wildman–Crippen LogP) is 1.02. The predicted molar refractivity (Wildman–Crippen MR) is 69.3 cm³/mol. The third kappa shape index (κ3) is 2.96. The van der Waals surface area contributed by atoms with Crippen LogP contribution in [0.15, 0.2) is 24.3 Å². The maximum Gasteiger partial charge on any atom is 0.407 e. The lowest BCUT2D eigenvalue weighted by molar-refractivity contribution is 0.0601. The number of ether oxygens (including phenoxy) is 2. The number of benzene rings is 1. The van der Waals surface area contributed by atoms with Crippen LogP contribution in [-0.2, 0) is 9.47 Å². The van der Waals surface area contributed by atoms with Gasteiger partial charge < -0.3 is 19.7 Å². The number of hydrogen-bond donors (Lipinski definition) is 1. The zero-order chi connectivity index (χ0) is 13.8. The van der Waals surface area contributed by atoms with Crippen molar-refractivity contribution >= 4 is 17.7 Å². The molecule has 0 aromatic heterocycles. The third-order valence-corrected chi connectivity index (χ3v) is 2.95. The topological polar surface area (TPSA) is 67.9 Å². The number of likely N-dealkylation sites (N-methyl/N-ethyl adjacent to an activating group) is 1. The summed E-state index contributed by atoms with van der Waals surface area (Å²) in [5.74, 6) is -0.385. The average Bonchev–Trinajstić information content (AvgIpc) is 2.83. The molecule has 1 aromatic rings. The van der Waals surface area contributed by atoms with E-state index in [2.05, 4.69) is 5.32 Å². The fraction of sp³-hybridized carbons (Fsp3) is 0.385. The van der Waals surface area contributed by atoms with Gasteiger partial charge in [-0.15, -0.1) is 0 Å². The van der Waals surface area contributed by atoms with Gasteiger partial charge in [0.15, 0.2) is 0 Å². The SMILES string of the molecule is COC(=O)c1ccccc1N(C)CC1CNC(=O)O1. The molecule has 102 valence electrons. The monoisotopic (exact) mass is 264 g/mol. The molecule has 6 nitrogen and oxygen atoms in total. The summed E-state index contributed by atoms with van der Waals surface area (Å²) in [5, 5.41) is 2.60. The number of amides is 1. The molecule has 0 saturated carbocycles. The summed E-state index contributed by atoms with van der Waals surface area (Å²) in [7, 11) is 3.19. The number of esters is 1. The van der Waals surface area contributed by atoms with Gasteiger partial charge in [0.2, 0.25) is 0 Å². The summed E-state index contributed by atoms with van der Waals surface area (Å²) in [6.45, 7) is 0.982. The molecule has 0 aliphatic carbocycles. The van der Waals surface area contributed by atoms with E-state index in [1.54, 1.807) is 12.1 Å². The summed E-state index contributed by atoms with van der Waals surface area (Å²) < 4.78 is 9.82. The van der Waals surface area contributed by atoms with Gasteiger partial charge in [-0.3, -0.25) is 0 Å². The Balaban J connectivity index is 2.12. The van der Waals surface area contributed by atoms with E-state index < -0.39 is 6.09 Å². The second-order valence-corrected chi connectivity index (χ2v) is 4.30. The van der Waals surface area contributed by atoms with Crippen molar-refractivity contribution in [1.29, 1.82) is 0 Å². The Bertz CT molecular complexity index is 489. The molecule has 19 heavy (non-hydrogen) atoms. The van der Waals surface area contributed by atoms with E-state index >= 15 is 0 Å². The summed E-state index contributed by atoms with van der Waals surface area (Å²) >= 11 is 0. The summed E-state index contributed by atoms with van der Waals surface area (Å²) in [6, 6.07) is 7.16. The lowest BCUT2D eigenvalue weighted by Gasteiger charge is -2.23. The van der Waals surface area contributed by atoms with Crippen LogP contribution in [0.4, 0.5) is 10.5 Å². The van der Waals surface area contributed by atoms with Crippen molar-refractivity contribution in [2.45, 2.75) is 6.10 Å². The zero-order valence-electron chi connectivity index (χ0n) is 10.9. The van der Waals surface area contributed by atoms with Crippen LogP contribution in [0.5, 0.6) is 0 Å². The van der Waals surface area contributed by atoms with Crippen molar-refractivity contribution < 1.29 is 19.1 Å². The third-order valence-electron chi connectivity index (χ3n) is 2.95. The Morgan fingerprint density at radius 3 is 2.89 bits per heavy atom. The first-order valence-corrected chi connectivity index (χ1v) is 5.94. The summed E-state index contributed by atoms with van der Waals surface area (Å²) in [6.07, 6.45) is -0.622. The largest absolute Gasteiger partial charge is 0.465 e. The fourth-order valence-electron chi connectivity index (χ4n) is 2.03. The number of nitrogens with zero attached hydrogens (tertiary/aromatic N) is 1. The van der Waals surface area contributed by atoms with E-state index in [0.717, 1.165) is 5.69 Å². The van der Waals surface area contributed by atoms with Gasteiger partial charge in [-0.1, -0.05) is 12.1 Å². The van der Waals surface area contributed by atoms with Gasteiger partial charge in [-0.2, -0.15) is 0 Å². The van der Waals surface area contributed by atoms with Crippen LogP contribution in [-0.4, -0.2) is 45.4 Å². The molecule has 1 N–H and O–H groups in total. The molecule has 1 unspecified atom stereocenters. The standard InChI is InChI=1S/C13H16N2O4/c1-15(8-9-7-14-13(17)19-9)11-6-4-3-5-10(11)12(16)18-2/h3-6,9H,7-8H2,1-2H3,(H,14,17). The van der Waals surface area contributed by atoms with Crippen LogP contribution in [0.1, 0.15) is 10.4 Å². The van der Waals surface area contributed by atoms with Gasteiger partial charge in [0.1, 0.15) is 6.10 Å². The number of carbonyl (C=O) groups is 2. The number of methoxy groups -OCH3 is 1. The first kappa shape index (κ1) is 13.2. The minimum absolute atomic E-state index is 0.219. The van der Waals surface area contributed by atoms with Crippen molar-refractivity contribution in [3.05, 3.63) is 29.8 Å². The van der Waals surface area contributed by atoms with E-state index in [0.29, 0.717) is 18.7 Å². The first-order chi connectivity index (χ1) is 9.11. The highest BCUT2D eigenvalue weighted by Crippen LogP contribution is 2.20. The Morgan fingerprint density at radius 1 is 1.53 bits per heavy atom. The molecule has 1 saturated heterocycles. The molecule has 1 aliphatic heterocycles. The highest BCUT2D eigenvalue weighted by Gasteiger charge is 2.25. The Labute approximate surface area is 111 Å². The van der Waals surface area contributed by atoms with Crippen molar-refractivity contribution in [2.24, 2.45) is 0 Å². The second-order valence-electron chi connectivity index (χ2n) is 4.30. The van der Waals surface area contributed by atoms with Gasteiger partial charge in [0, 0.05) is 7.05 Å². The number of hydrogen-bond acceptors (Lipinski definition) is 5. The molecule has 1 aliphatic rings. The molecule has 6 heteroatoms. The summed E-state index contributed by atoms with van der Waals surface area (Å²) in [4.78, 5) is 24.5. The molecular weight excluding hydrogens is 248 g/mol. The number of anilines is 1. The maximum atomic E-state index is 11.7. The highest BCUT2D eigenvalue weighted by atomic mass is 16.6. The molecule has 1 fully saturated rings. The molecule has 1 heterocycles. The molecule has 0 spiro atoms. The van der Waals surface area contributed by atoms with Crippen LogP contribution in [0, 0.1) is 0 Å². The Morgan fingerprint density at radius 2 is 2.26 bits per heavy atom. The molecule has 0 bridgehead atoms. The quantitative estimate of drug-likeness (QED) is 0.822. The van der Waals surface area contributed by atoms with Gasteiger partial charge in [0.25, 0.3) is 0 Å². The minimum atomic E-state index is -0.403. The number of rotatable bonds is 4. The van der Waals surface area contributed by atoms with Crippen LogP contribution in [0.25, 0.3) is 0 Å². The Kier molecular flexibility index (Phi) is 3.89. The fourth-order valence-corrected chi connectivity index (χ4v) is 2.03. The number of alkyl carbamates (subject to hydrolysis) is 1. The zero-order valence-corrected chi connectivity index (χ0v) is 10.9. The van der Waals surface area contributed by atoms with Gasteiger partial charge in [-0.05, 0) is 12.1 Å². The minimum Gasteiger partial charge on any atom is -0.465 e. The number of nitrogens with one attached hydrogen (secondary N) is 1. The average molecular weight is 264 g/mol. The molecule has 2 rings (SSSR count).